The maximum atomic E-state index is 13.9. The van der Waals surface area contributed by atoms with Gasteiger partial charge in [-0.2, -0.15) is 0 Å². The molecule has 34 heavy (non-hydrogen) atoms. The van der Waals surface area contributed by atoms with Gasteiger partial charge in [-0.05, 0) is 30.2 Å². The van der Waals surface area contributed by atoms with Gasteiger partial charge >= 0.3 is 0 Å². The molecule has 0 aromatic heterocycles. The van der Waals surface area contributed by atoms with Crippen LogP contribution in [0.3, 0.4) is 0 Å². The smallest absolute Gasteiger partial charge is 0.241 e. The first-order valence-corrected chi connectivity index (χ1v) is 11.3. The number of ether oxygens (including phenoxy) is 1. The number of amides is 2. The van der Waals surface area contributed by atoms with Gasteiger partial charge in [-0.1, -0.05) is 72.3 Å². The number of carbonyl (C=O) groups excluding carboxylic acids is 4. The highest BCUT2D eigenvalue weighted by molar-refractivity contribution is 6.37. The molecule has 6 rings (SSSR count). The van der Waals surface area contributed by atoms with E-state index in [1.54, 1.807) is 73.7 Å². The molecule has 0 radical (unpaired) electrons. The molecule has 2 saturated heterocycles. The Balaban J connectivity index is 1.57. The number of anilines is 1. The first kappa shape index (κ1) is 21.0. The third-order valence-corrected chi connectivity index (χ3v) is 7.29. The van der Waals surface area contributed by atoms with E-state index < -0.39 is 46.9 Å². The lowest BCUT2D eigenvalue weighted by Gasteiger charge is -2.27. The number of nitrogens with zero attached hydrogens (tertiary/aromatic N) is 1. The number of carbonyl (C=O) groups is 4. The molecular weight excluding hydrogens is 454 g/mol. The van der Waals surface area contributed by atoms with Crippen LogP contribution in [0.25, 0.3) is 0 Å². The number of fused-ring (bicyclic) bond motifs is 3. The molecule has 2 heterocycles. The van der Waals surface area contributed by atoms with Gasteiger partial charge in [0.25, 0.3) is 0 Å². The van der Waals surface area contributed by atoms with Gasteiger partial charge < -0.3 is 4.74 Å². The van der Waals surface area contributed by atoms with Crippen molar-refractivity contribution in [2.75, 3.05) is 4.90 Å². The second-order valence-electron chi connectivity index (χ2n) is 8.83. The third kappa shape index (κ3) is 2.55. The van der Waals surface area contributed by atoms with Crippen LogP contribution in [-0.2, 0) is 14.3 Å². The maximum absolute atomic E-state index is 13.9. The zero-order chi connectivity index (χ0) is 23.8. The van der Waals surface area contributed by atoms with Gasteiger partial charge in [0.2, 0.25) is 29.0 Å². The third-order valence-electron chi connectivity index (χ3n) is 7.06. The molecule has 1 aliphatic carbocycles. The number of hydrogen-bond acceptors (Lipinski definition) is 5. The number of halogens is 1. The average molecular weight is 472 g/mol. The number of rotatable bonds is 2. The Morgan fingerprint density at radius 3 is 2.09 bits per heavy atom. The van der Waals surface area contributed by atoms with Crippen molar-refractivity contribution in [3.05, 3.63) is 100 Å². The van der Waals surface area contributed by atoms with Gasteiger partial charge in [-0.15, -0.1) is 0 Å². The highest BCUT2D eigenvalue weighted by Gasteiger charge is 2.74. The Bertz CT molecular complexity index is 1380. The highest BCUT2D eigenvalue weighted by Crippen LogP contribution is 2.57. The van der Waals surface area contributed by atoms with Crippen LogP contribution in [0, 0.1) is 18.8 Å². The van der Waals surface area contributed by atoms with Gasteiger partial charge in [-0.3, -0.25) is 19.2 Å². The standard InChI is InChI=1S/C27H18ClNO5/c1-14-11-12-16(28)13-19(14)29-25(32)20-21(26(29)33)27(34-22(20)15-7-3-2-4-8-15)23(30)17-9-5-6-10-18(17)24(27)31/h2-13,20-22H,1H3/t20-,21-,22-/m1/s1. The van der Waals surface area contributed by atoms with Crippen LogP contribution in [0.4, 0.5) is 5.69 Å². The Morgan fingerprint density at radius 1 is 0.824 bits per heavy atom. The summed E-state index contributed by atoms with van der Waals surface area (Å²) in [6.07, 6.45) is -0.936. The van der Waals surface area contributed by atoms with Crippen molar-refractivity contribution < 1.29 is 23.9 Å². The fourth-order valence-electron chi connectivity index (χ4n) is 5.52. The Hall–Kier alpha value is -3.61. The molecule has 168 valence electrons. The van der Waals surface area contributed by atoms with Crippen LogP contribution >= 0.6 is 11.6 Å². The fraction of sp³-hybridized carbons (Fsp3) is 0.185. The number of ketones is 2. The quantitative estimate of drug-likeness (QED) is 0.410. The predicted octanol–water partition coefficient (Wildman–Crippen LogP) is 4.34. The summed E-state index contributed by atoms with van der Waals surface area (Å²) < 4.78 is 6.26. The summed E-state index contributed by atoms with van der Waals surface area (Å²) in [6.45, 7) is 1.77. The van der Waals surface area contributed by atoms with Gasteiger partial charge in [0.1, 0.15) is 0 Å². The minimum absolute atomic E-state index is 0.206. The van der Waals surface area contributed by atoms with E-state index in [4.69, 9.17) is 16.3 Å². The maximum Gasteiger partial charge on any atom is 0.241 e. The zero-order valence-electron chi connectivity index (χ0n) is 18.0. The predicted molar refractivity (Wildman–Crippen MR) is 124 cm³/mol. The fourth-order valence-corrected chi connectivity index (χ4v) is 5.69. The van der Waals surface area contributed by atoms with Crippen LogP contribution < -0.4 is 4.90 Å². The summed E-state index contributed by atoms with van der Waals surface area (Å²) in [5, 5.41) is 0.365. The molecular formula is C27H18ClNO5. The molecule has 0 bridgehead atoms. The SMILES string of the molecule is Cc1ccc(Cl)cc1N1C(=O)[C@H]2[C@@H](c3ccccc3)OC3(C(=O)c4ccccc4C3=O)[C@H]2C1=O. The minimum Gasteiger partial charge on any atom is -0.349 e. The molecule has 2 fully saturated rings. The molecule has 6 nitrogen and oxygen atoms in total. The summed E-state index contributed by atoms with van der Waals surface area (Å²) in [7, 11) is 0. The monoisotopic (exact) mass is 471 g/mol. The number of benzene rings is 3. The summed E-state index contributed by atoms with van der Waals surface area (Å²) >= 11 is 6.18. The second-order valence-corrected chi connectivity index (χ2v) is 9.27. The van der Waals surface area contributed by atoms with Gasteiger partial charge in [-0.25, -0.2) is 4.90 Å². The molecule has 2 amide bonds. The summed E-state index contributed by atoms with van der Waals surface area (Å²) in [5.74, 6) is -4.61. The molecule has 0 N–H and O–H groups in total. The van der Waals surface area contributed by atoms with Gasteiger partial charge in [0.15, 0.2) is 0 Å². The van der Waals surface area contributed by atoms with Crippen LogP contribution in [0.2, 0.25) is 5.02 Å². The number of Topliss-reactive ketones (excluding diaryl/α,β-unsaturated/α-hetero) is 2. The van der Waals surface area contributed by atoms with E-state index in [9.17, 15) is 19.2 Å². The topological polar surface area (TPSA) is 80.8 Å². The Morgan fingerprint density at radius 2 is 1.44 bits per heavy atom. The molecule has 3 aliphatic rings. The van der Waals surface area contributed by atoms with Crippen molar-refractivity contribution in [3.8, 4) is 0 Å². The first-order valence-electron chi connectivity index (χ1n) is 10.9. The van der Waals surface area contributed by atoms with E-state index in [0.29, 0.717) is 21.8 Å². The van der Waals surface area contributed by atoms with Crippen molar-refractivity contribution >= 4 is 40.7 Å². The molecule has 3 atom stereocenters. The Labute approximate surface area is 200 Å². The summed E-state index contributed by atoms with van der Waals surface area (Å²) in [6, 6.07) is 20.3. The molecule has 3 aromatic carbocycles. The summed E-state index contributed by atoms with van der Waals surface area (Å²) in [4.78, 5) is 56.3. The minimum atomic E-state index is -2.08. The molecule has 0 unspecified atom stereocenters. The normalized spacial score (nSPS) is 24.8. The zero-order valence-corrected chi connectivity index (χ0v) is 18.8. The van der Waals surface area contributed by atoms with Crippen LogP contribution in [0.15, 0.2) is 72.8 Å². The largest absolute Gasteiger partial charge is 0.349 e. The van der Waals surface area contributed by atoms with Crippen molar-refractivity contribution in [1.29, 1.82) is 0 Å². The van der Waals surface area contributed by atoms with E-state index in [-0.39, 0.29) is 11.1 Å². The van der Waals surface area contributed by atoms with E-state index in [1.807, 2.05) is 6.07 Å². The van der Waals surface area contributed by atoms with Crippen LogP contribution in [0.5, 0.6) is 0 Å². The molecule has 3 aromatic rings. The molecule has 1 spiro atoms. The van der Waals surface area contributed by atoms with Crippen molar-refractivity contribution in [3.63, 3.8) is 0 Å². The lowest BCUT2D eigenvalue weighted by molar-refractivity contribution is -0.127. The van der Waals surface area contributed by atoms with Crippen LogP contribution in [0.1, 0.15) is 37.9 Å². The lowest BCUT2D eigenvalue weighted by Crippen LogP contribution is -2.51. The second kappa shape index (κ2) is 7.19. The summed E-state index contributed by atoms with van der Waals surface area (Å²) in [5.41, 5.74) is -0.0334. The number of hydrogen-bond donors (Lipinski definition) is 0. The van der Waals surface area contributed by atoms with Crippen molar-refractivity contribution in [1.82, 2.24) is 0 Å². The number of imide groups is 1. The molecule has 0 saturated carbocycles. The van der Waals surface area contributed by atoms with Crippen molar-refractivity contribution in [2.45, 2.75) is 18.6 Å². The molecule has 2 aliphatic heterocycles. The number of aryl methyl sites for hydroxylation is 1. The van der Waals surface area contributed by atoms with E-state index in [1.165, 1.54) is 0 Å². The highest BCUT2D eigenvalue weighted by atomic mass is 35.5. The van der Waals surface area contributed by atoms with Crippen molar-refractivity contribution in [2.24, 2.45) is 11.8 Å². The van der Waals surface area contributed by atoms with E-state index in [2.05, 4.69) is 0 Å². The van der Waals surface area contributed by atoms with Gasteiger partial charge in [0.05, 0.1) is 23.6 Å². The van der Waals surface area contributed by atoms with E-state index >= 15 is 0 Å². The first-order chi connectivity index (χ1) is 16.4. The van der Waals surface area contributed by atoms with E-state index in [0.717, 1.165) is 4.90 Å². The Kier molecular flexibility index (Phi) is 4.43. The van der Waals surface area contributed by atoms with Crippen LogP contribution in [-0.4, -0.2) is 29.0 Å². The van der Waals surface area contributed by atoms with Gasteiger partial charge in [0, 0.05) is 16.1 Å². The lowest BCUT2D eigenvalue weighted by atomic mass is 9.77. The molecule has 7 heteroatoms. The average Bonchev–Trinajstić information content (AvgIpc) is 3.41.